The van der Waals surface area contributed by atoms with Gasteiger partial charge in [0, 0.05) is 24.5 Å². The number of nitrogens with zero attached hydrogens (tertiary/aromatic N) is 1. The minimum absolute atomic E-state index is 0.187. The van der Waals surface area contributed by atoms with Crippen molar-refractivity contribution in [2.24, 2.45) is 11.8 Å². The van der Waals surface area contributed by atoms with E-state index in [2.05, 4.69) is 49.1 Å². The molecular weight excluding hydrogens is 438 g/mol. The van der Waals surface area contributed by atoms with E-state index in [1.54, 1.807) is 0 Å². The van der Waals surface area contributed by atoms with E-state index in [4.69, 9.17) is 23.8 Å². The lowest BCUT2D eigenvalue weighted by Gasteiger charge is -2.33. The van der Waals surface area contributed by atoms with Crippen molar-refractivity contribution in [1.29, 1.82) is 0 Å². The highest BCUT2D eigenvalue weighted by atomic mass is 35.5. The van der Waals surface area contributed by atoms with Crippen LogP contribution in [0.5, 0.6) is 0 Å². The molecule has 0 aromatic heterocycles. The number of halogens is 1. The molecule has 3 nitrogen and oxygen atoms in total. The molecule has 0 spiro atoms. The maximum absolute atomic E-state index is 11.3. The Bertz CT molecular complexity index is 966. The number of thiocarbonyl (C=S) groups is 1. The molecule has 1 aliphatic rings. The first kappa shape index (κ1) is 24.7. The maximum Gasteiger partial charge on any atom is 0.306 e. The Labute approximate surface area is 202 Å². The molecule has 1 N–H and O–H groups in total. The molecule has 0 saturated heterocycles. The fourth-order valence-electron chi connectivity index (χ4n) is 4.62. The Hall–Kier alpha value is -1.91. The molecule has 0 unspecified atom stereocenters. The van der Waals surface area contributed by atoms with Crippen molar-refractivity contribution >= 4 is 34.8 Å². The average molecular weight is 472 g/mol. The van der Waals surface area contributed by atoms with Crippen molar-refractivity contribution in [2.45, 2.75) is 65.8 Å². The largest absolute Gasteiger partial charge is 0.481 e. The summed E-state index contributed by atoms with van der Waals surface area (Å²) < 4.78 is 0. The molecule has 2 aromatic rings. The van der Waals surface area contributed by atoms with Gasteiger partial charge in [-0.25, -0.2) is 0 Å². The summed E-state index contributed by atoms with van der Waals surface area (Å²) in [6.07, 6.45) is 5.17. The lowest BCUT2D eigenvalue weighted by Crippen LogP contribution is -2.37. The van der Waals surface area contributed by atoms with E-state index in [1.165, 1.54) is 22.3 Å². The second-order valence-electron chi connectivity index (χ2n) is 9.20. The molecule has 0 heterocycles. The monoisotopic (exact) mass is 471 g/mol. The van der Waals surface area contributed by atoms with Crippen LogP contribution >= 0.6 is 23.8 Å². The van der Waals surface area contributed by atoms with Crippen LogP contribution in [0.25, 0.3) is 0 Å². The summed E-state index contributed by atoms with van der Waals surface area (Å²) in [5.74, 6) is -0.362. The number of hydrogen-bond donors (Lipinski definition) is 1. The third-order valence-corrected chi connectivity index (χ3v) is 7.61. The summed E-state index contributed by atoms with van der Waals surface area (Å²) in [5, 5.41) is 10.1. The van der Waals surface area contributed by atoms with Gasteiger partial charge in [0.25, 0.3) is 0 Å². The smallest absolute Gasteiger partial charge is 0.306 e. The lowest BCUT2D eigenvalue weighted by atomic mass is 9.81. The van der Waals surface area contributed by atoms with Gasteiger partial charge < -0.3 is 10.0 Å². The Morgan fingerprint density at radius 2 is 1.72 bits per heavy atom. The average Bonchev–Trinajstić information content (AvgIpc) is 2.77. The van der Waals surface area contributed by atoms with Gasteiger partial charge in [0.1, 0.15) is 0 Å². The van der Waals surface area contributed by atoms with Crippen LogP contribution in [0.4, 0.5) is 0 Å². The number of benzene rings is 2. The van der Waals surface area contributed by atoms with E-state index < -0.39 is 5.97 Å². The number of aliphatic carboxylic acids is 1. The normalized spacial score (nSPS) is 18.4. The van der Waals surface area contributed by atoms with Crippen LogP contribution in [0.15, 0.2) is 36.4 Å². The van der Waals surface area contributed by atoms with Crippen LogP contribution in [-0.4, -0.2) is 27.5 Å². The summed E-state index contributed by atoms with van der Waals surface area (Å²) >= 11 is 12.2. The first-order valence-corrected chi connectivity index (χ1v) is 12.4. The van der Waals surface area contributed by atoms with E-state index in [0.29, 0.717) is 12.3 Å². The molecule has 0 aliphatic heterocycles. The van der Waals surface area contributed by atoms with Crippen molar-refractivity contribution in [3.63, 3.8) is 0 Å². The predicted molar refractivity (Wildman–Crippen MR) is 137 cm³/mol. The van der Waals surface area contributed by atoms with Gasteiger partial charge in [-0.2, -0.15) is 0 Å². The van der Waals surface area contributed by atoms with E-state index in [9.17, 15) is 9.90 Å². The Morgan fingerprint density at radius 1 is 1.06 bits per heavy atom. The molecular formula is C27H34ClNO2S. The molecule has 1 fully saturated rings. The number of aryl methyl sites for hydroxylation is 3. The van der Waals surface area contributed by atoms with Crippen LogP contribution in [-0.2, 0) is 24.2 Å². The second kappa shape index (κ2) is 11.3. The zero-order valence-corrected chi connectivity index (χ0v) is 20.9. The van der Waals surface area contributed by atoms with Crippen LogP contribution in [0, 0.1) is 25.7 Å². The zero-order chi connectivity index (χ0) is 23.3. The SMILES string of the molecule is CCc1ccc(CN(CC2CCC(C(=O)O)CC2)C(=S)Cc2ccc(Cl)c(C)c2)c(C)c1. The van der Waals surface area contributed by atoms with Gasteiger partial charge >= 0.3 is 5.97 Å². The third kappa shape index (κ3) is 6.55. The molecule has 1 saturated carbocycles. The summed E-state index contributed by atoms with van der Waals surface area (Å²) in [7, 11) is 0. The lowest BCUT2D eigenvalue weighted by molar-refractivity contribution is -0.143. The molecule has 3 rings (SSSR count). The van der Waals surface area contributed by atoms with Crippen molar-refractivity contribution in [3.05, 3.63) is 69.2 Å². The van der Waals surface area contributed by atoms with Crippen LogP contribution in [0.1, 0.15) is 60.4 Å². The van der Waals surface area contributed by atoms with E-state index in [0.717, 1.165) is 60.8 Å². The number of carboxylic acids is 1. The van der Waals surface area contributed by atoms with Gasteiger partial charge in [-0.05, 0) is 85.8 Å². The van der Waals surface area contributed by atoms with Gasteiger partial charge in [0.05, 0.1) is 10.9 Å². The molecule has 0 atom stereocenters. The van der Waals surface area contributed by atoms with Crippen molar-refractivity contribution < 1.29 is 9.90 Å². The first-order chi connectivity index (χ1) is 15.3. The summed E-state index contributed by atoms with van der Waals surface area (Å²) in [6, 6.07) is 12.8. The second-order valence-corrected chi connectivity index (χ2v) is 10.1. The molecule has 2 aromatic carbocycles. The zero-order valence-electron chi connectivity index (χ0n) is 19.4. The molecule has 172 valence electrons. The van der Waals surface area contributed by atoms with Gasteiger partial charge in [0.15, 0.2) is 0 Å². The fourth-order valence-corrected chi connectivity index (χ4v) is 5.05. The van der Waals surface area contributed by atoms with Crippen molar-refractivity contribution in [1.82, 2.24) is 4.90 Å². The van der Waals surface area contributed by atoms with Crippen LogP contribution < -0.4 is 0 Å². The van der Waals surface area contributed by atoms with Crippen molar-refractivity contribution in [3.8, 4) is 0 Å². The Morgan fingerprint density at radius 3 is 2.31 bits per heavy atom. The predicted octanol–water partition coefficient (Wildman–Crippen LogP) is 6.78. The van der Waals surface area contributed by atoms with Crippen LogP contribution in [0.2, 0.25) is 5.02 Å². The van der Waals surface area contributed by atoms with Gasteiger partial charge in [-0.15, -0.1) is 0 Å². The quantitative estimate of drug-likeness (QED) is 0.430. The van der Waals surface area contributed by atoms with Crippen molar-refractivity contribution in [2.75, 3.05) is 6.54 Å². The minimum Gasteiger partial charge on any atom is -0.481 e. The highest BCUT2D eigenvalue weighted by Gasteiger charge is 2.27. The number of rotatable bonds is 8. The Balaban J connectivity index is 1.76. The van der Waals surface area contributed by atoms with E-state index >= 15 is 0 Å². The summed E-state index contributed by atoms with van der Waals surface area (Å²) in [5.41, 5.74) is 6.19. The molecule has 0 bridgehead atoms. The number of hydrogen-bond acceptors (Lipinski definition) is 2. The number of carboxylic acid groups (broad SMARTS) is 1. The minimum atomic E-state index is -0.652. The topological polar surface area (TPSA) is 40.5 Å². The molecule has 32 heavy (non-hydrogen) atoms. The molecule has 1 aliphatic carbocycles. The molecule has 5 heteroatoms. The van der Waals surface area contributed by atoms with E-state index in [-0.39, 0.29) is 5.92 Å². The Kier molecular flexibility index (Phi) is 8.72. The maximum atomic E-state index is 11.3. The highest BCUT2D eigenvalue weighted by Crippen LogP contribution is 2.30. The standard InChI is InChI=1S/C27H34ClNO2S/c1-4-20-5-11-24(18(2)13-20)17-29(16-21-6-9-23(10-7-21)27(30)31)26(32)15-22-8-12-25(28)19(3)14-22/h5,8,11-14,21,23H,4,6-7,9-10,15-17H2,1-3H3,(H,30,31). The van der Waals surface area contributed by atoms with Crippen LogP contribution in [0.3, 0.4) is 0 Å². The fraction of sp³-hybridized carbons (Fsp3) is 0.481. The number of carbonyl (C=O) groups is 1. The van der Waals surface area contributed by atoms with Gasteiger partial charge in [-0.3, -0.25) is 4.79 Å². The molecule has 0 radical (unpaired) electrons. The first-order valence-electron chi connectivity index (χ1n) is 11.6. The van der Waals surface area contributed by atoms with Gasteiger partial charge in [0.2, 0.25) is 0 Å². The highest BCUT2D eigenvalue weighted by molar-refractivity contribution is 7.80. The summed E-state index contributed by atoms with van der Waals surface area (Å²) in [4.78, 5) is 14.6. The molecule has 0 amide bonds. The van der Waals surface area contributed by atoms with Gasteiger partial charge in [-0.1, -0.05) is 61.1 Å². The summed E-state index contributed by atoms with van der Waals surface area (Å²) in [6.45, 7) is 8.05. The third-order valence-electron chi connectivity index (χ3n) is 6.78. The van der Waals surface area contributed by atoms with E-state index in [1.807, 2.05) is 13.0 Å².